The Kier molecular flexibility index (Phi) is 6.93. The number of nitrogens with one attached hydrogen (secondary N) is 1. The highest BCUT2D eigenvalue weighted by Gasteiger charge is 2.13. The highest BCUT2D eigenvalue weighted by atomic mass is 35.5. The Balaban J connectivity index is 1.48. The summed E-state index contributed by atoms with van der Waals surface area (Å²) in [5.41, 5.74) is 8.43. The lowest BCUT2D eigenvalue weighted by molar-refractivity contribution is -0.118. The summed E-state index contributed by atoms with van der Waals surface area (Å²) in [5, 5.41) is 5.60. The molecule has 1 heterocycles. The summed E-state index contributed by atoms with van der Waals surface area (Å²) in [5.74, 6) is 0.00613. The molecule has 0 spiro atoms. The normalized spacial score (nSPS) is 11.7. The number of carbonyl (C=O) groups excluding carboxylic acids is 1. The molecule has 4 rings (SSSR count). The predicted octanol–water partition coefficient (Wildman–Crippen LogP) is 5.68. The molecule has 0 bridgehead atoms. The van der Waals surface area contributed by atoms with Crippen molar-refractivity contribution >= 4 is 46.0 Å². The van der Waals surface area contributed by atoms with Crippen LogP contribution in [0.25, 0.3) is 11.0 Å². The van der Waals surface area contributed by atoms with Gasteiger partial charge in [-0.3, -0.25) is 4.79 Å². The number of nitrogens with zero attached hydrogens (tertiary/aromatic N) is 3. The topological polar surface area (TPSA) is 59.3 Å². The Bertz CT molecular complexity index is 1280. The summed E-state index contributed by atoms with van der Waals surface area (Å²) in [6.45, 7) is 4.58. The molecule has 7 heteroatoms. The first-order valence-electron chi connectivity index (χ1n) is 10.2. The van der Waals surface area contributed by atoms with Gasteiger partial charge in [-0.15, -0.1) is 0 Å². The number of rotatable bonds is 7. The zero-order valence-electron chi connectivity index (χ0n) is 17.9. The molecular formula is C25H23ClN4OS. The maximum atomic E-state index is 12.5. The molecule has 1 aromatic heterocycles. The Hall–Kier alpha value is -3.09. The van der Waals surface area contributed by atoms with E-state index in [-0.39, 0.29) is 11.7 Å². The van der Waals surface area contributed by atoms with Crippen LogP contribution < -0.4 is 5.43 Å². The van der Waals surface area contributed by atoms with Crippen molar-refractivity contribution in [2.24, 2.45) is 5.10 Å². The molecule has 0 fully saturated rings. The molecule has 5 nitrogen and oxygen atoms in total. The van der Waals surface area contributed by atoms with Crippen LogP contribution in [-0.2, 0) is 11.3 Å². The second kappa shape index (κ2) is 10.0. The average Bonchev–Trinajstić information content (AvgIpc) is 3.15. The first kappa shape index (κ1) is 22.1. The number of amides is 1. The number of hydrogen-bond acceptors (Lipinski definition) is 4. The van der Waals surface area contributed by atoms with Gasteiger partial charge in [0.05, 0.1) is 29.0 Å². The average molecular weight is 463 g/mol. The van der Waals surface area contributed by atoms with Crippen molar-refractivity contribution in [1.29, 1.82) is 0 Å². The van der Waals surface area contributed by atoms with E-state index in [1.807, 2.05) is 43.3 Å². The molecule has 0 aliphatic rings. The molecule has 0 unspecified atom stereocenters. The van der Waals surface area contributed by atoms with Crippen molar-refractivity contribution in [1.82, 2.24) is 15.0 Å². The zero-order chi connectivity index (χ0) is 22.5. The van der Waals surface area contributed by atoms with Crippen LogP contribution in [0.5, 0.6) is 0 Å². The third kappa shape index (κ3) is 5.21. The van der Waals surface area contributed by atoms with Crippen LogP contribution in [0.15, 0.2) is 83.1 Å². The van der Waals surface area contributed by atoms with Gasteiger partial charge in [0.25, 0.3) is 5.91 Å². The lowest BCUT2D eigenvalue weighted by atomic mass is 10.1. The van der Waals surface area contributed by atoms with Crippen LogP contribution in [0.4, 0.5) is 0 Å². The fourth-order valence-corrected chi connectivity index (χ4v) is 4.39. The first-order chi connectivity index (χ1) is 15.5. The van der Waals surface area contributed by atoms with E-state index in [4.69, 9.17) is 16.6 Å². The van der Waals surface area contributed by atoms with Gasteiger partial charge in [0.15, 0.2) is 5.16 Å². The predicted molar refractivity (Wildman–Crippen MR) is 133 cm³/mol. The Morgan fingerprint density at radius 2 is 1.78 bits per heavy atom. The van der Waals surface area contributed by atoms with E-state index in [1.54, 1.807) is 6.07 Å². The van der Waals surface area contributed by atoms with E-state index in [0.717, 1.165) is 21.8 Å². The van der Waals surface area contributed by atoms with Crippen LogP contribution >= 0.6 is 23.4 Å². The summed E-state index contributed by atoms with van der Waals surface area (Å²) in [7, 11) is 0. The highest BCUT2D eigenvalue weighted by molar-refractivity contribution is 7.99. The summed E-state index contributed by atoms with van der Waals surface area (Å²) in [6.07, 6.45) is 0. The molecule has 0 radical (unpaired) electrons. The van der Waals surface area contributed by atoms with Crippen LogP contribution in [0, 0.1) is 6.92 Å². The third-order valence-corrected chi connectivity index (χ3v) is 6.33. The number of thioether (sulfide) groups is 1. The fraction of sp³-hybridized carbons (Fsp3) is 0.160. The molecule has 1 N–H and O–H groups in total. The number of aromatic nitrogens is 2. The maximum Gasteiger partial charge on any atom is 0.250 e. The minimum Gasteiger partial charge on any atom is -0.314 e. The van der Waals surface area contributed by atoms with Gasteiger partial charge in [0.2, 0.25) is 0 Å². The van der Waals surface area contributed by atoms with Crippen molar-refractivity contribution in [3.8, 4) is 0 Å². The first-order valence-corrected chi connectivity index (χ1v) is 11.6. The van der Waals surface area contributed by atoms with Crippen LogP contribution in [0.3, 0.4) is 0 Å². The van der Waals surface area contributed by atoms with E-state index in [0.29, 0.717) is 17.3 Å². The standard InChI is InChI=1S/C25H23ClN4OS/c1-17-11-13-19(14-12-17)15-30-23-10-6-5-9-22(23)27-25(30)32-16-24(31)29-28-18(2)20-7-3-4-8-21(20)26/h3-14H,15-16H2,1-2H3,(H,29,31)/b28-18+. The van der Waals surface area contributed by atoms with E-state index in [2.05, 4.69) is 52.3 Å². The van der Waals surface area contributed by atoms with Crippen LogP contribution in [0.2, 0.25) is 5.02 Å². The van der Waals surface area contributed by atoms with E-state index in [1.165, 1.54) is 22.9 Å². The Morgan fingerprint density at radius 3 is 2.56 bits per heavy atom. The number of hydrogen-bond donors (Lipinski definition) is 1. The molecule has 162 valence electrons. The minimum absolute atomic E-state index is 0.199. The molecule has 0 aliphatic carbocycles. The summed E-state index contributed by atoms with van der Waals surface area (Å²) < 4.78 is 2.15. The molecule has 0 aliphatic heterocycles. The Morgan fingerprint density at radius 1 is 1.06 bits per heavy atom. The molecule has 0 atom stereocenters. The second-order valence-electron chi connectivity index (χ2n) is 7.46. The summed E-state index contributed by atoms with van der Waals surface area (Å²) in [4.78, 5) is 17.2. The molecule has 1 amide bonds. The number of aryl methyl sites for hydroxylation is 1. The van der Waals surface area contributed by atoms with Crippen molar-refractivity contribution < 1.29 is 4.79 Å². The quantitative estimate of drug-likeness (QED) is 0.218. The Labute approximate surface area is 196 Å². The summed E-state index contributed by atoms with van der Waals surface area (Å²) in [6, 6.07) is 23.9. The molecule has 0 saturated heterocycles. The molecule has 4 aromatic rings. The third-order valence-electron chi connectivity index (χ3n) is 5.03. The number of fused-ring (bicyclic) bond motifs is 1. The molecular weight excluding hydrogens is 440 g/mol. The van der Waals surface area contributed by atoms with Gasteiger partial charge in [0, 0.05) is 10.6 Å². The smallest absolute Gasteiger partial charge is 0.250 e. The van der Waals surface area contributed by atoms with Gasteiger partial charge in [-0.05, 0) is 37.6 Å². The van der Waals surface area contributed by atoms with Crippen molar-refractivity contribution in [3.05, 3.63) is 94.5 Å². The van der Waals surface area contributed by atoms with Crippen LogP contribution in [0.1, 0.15) is 23.6 Å². The number of imidazole rings is 1. The van der Waals surface area contributed by atoms with Gasteiger partial charge in [-0.25, -0.2) is 10.4 Å². The number of carbonyl (C=O) groups is 1. The summed E-state index contributed by atoms with van der Waals surface area (Å²) >= 11 is 7.60. The van der Waals surface area contributed by atoms with E-state index in [9.17, 15) is 4.79 Å². The van der Waals surface area contributed by atoms with Gasteiger partial charge < -0.3 is 4.57 Å². The zero-order valence-corrected chi connectivity index (χ0v) is 19.5. The maximum absolute atomic E-state index is 12.5. The largest absolute Gasteiger partial charge is 0.314 e. The lowest BCUT2D eigenvalue weighted by Gasteiger charge is -2.09. The van der Waals surface area contributed by atoms with Gasteiger partial charge >= 0.3 is 0 Å². The number of halogens is 1. The number of benzene rings is 3. The second-order valence-corrected chi connectivity index (χ2v) is 8.81. The van der Waals surface area contributed by atoms with Gasteiger partial charge in [0.1, 0.15) is 0 Å². The van der Waals surface area contributed by atoms with Gasteiger partial charge in [-0.2, -0.15) is 5.10 Å². The van der Waals surface area contributed by atoms with E-state index >= 15 is 0 Å². The van der Waals surface area contributed by atoms with Crippen LogP contribution in [-0.4, -0.2) is 26.9 Å². The monoisotopic (exact) mass is 462 g/mol. The highest BCUT2D eigenvalue weighted by Crippen LogP contribution is 2.25. The minimum atomic E-state index is -0.199. The number of para-hydroxylation sites is 2. The fourth-order valence-electron chi connectivity index (χ4n) is 3.32. The molecule has 32 heavy (non-hydrogen) atoms. The SMILES string of the molecule is C/C(=N\NC(=O)CSc1nc2ccccc2n1Cc1ccc(C)cc1)c1ccccc1Cl. The lowest BCUT2D eigenvalue weighted by Crippen LogP contribution is -2.21. The molecule has 0 saturated carbocycles. The van der Waals surface area contributed by atoms with Crippen molar-refractivity contribution in [2.45, 2.75) is 25.5 Å². The number of hydrazone groups is 1. The van der Waals surface area contributed by atoms with Crippen molar-refractivity contribution in [3.63, 3.8) is 0 Å². The van der Waals surface area contributed by atoms with Gasteiger partial charge in [-0.1, -0.05) is 83.5 Å². The van der Waals surface area contributed by atoms with Crippen molar-refractivity contribution in [2.75, 3.05) is 5.75 Å². The van der Waals surface area contributed by atoms with E-state index < -0.39 is 0 Å². The molecule has 3 aromatic carbocycles.